The highest BCUT2D eigenvalue weighted by Crippen LogP contribution is 2.19. The third kappa shape index (κ3) is 7.72. The van der Waals surface area contributed by atoms with E-state index in [1.54, 1.807) is 0 Å². The van der Waals surface area contributed by atoms with E-state index >= 15 is 0 Å². The molecule has 0 aliphatic heterocycles. The molecule has 2 nitrogen and oxygen atoms in total. The minimum atomic E-state index is -0.168. The first-order valence-corrected chi connectivity index (χ1v) is 6.64. The predicted molar refractivity (Wildman–Crippen MR) is 68.3 cm³/mol. The molecule has 0 rings (SSSR count). The molecule has 0 amide bonds. The van der Waals surface area contributed by atoms with E-state index in [0.717, 1.165) is 12.3 Å². The Hall–Kier alpha value is -0.530. The Bertz CT molecular complexity index is 189. The summed E-state index contributed by atoms with van der Waals surface area (Å²) in [5.74, 6) is 1.14. The zero-order valence-electron chi connectivity index (χ0n) is 11.6. The molecule has 0 aromatic rings. The minimum Gasteiger partial charge on any atom is -0.463 e. The average Bonchev–Trinajstić information content (AvgIpc) is 2.16. The SMILES string of the molecule is CCCC(C)CCCC(C)C(C)OC(C)=O. The molecule has 0 N–H and O–H groups in total. The van der Waals surface area contributed by atoms with E-state index in [0.29, 0.717) is 5.92 Å². The van der Waals surface area contributed by atoms with E-state index in [9.17, 15) is 4.79 Å². The maximum Gasteiger partial charge on any atom is 0.302 e. The fourth-order valence-corrected chi connectivity index (χ4v) is 2.04. The molecule has 0 saturated carbocycles. The molecule has 3 atom stereocenters. The molecule has 0 saturated heterocycles. The van der Waals surface area contributed by atoms with Gasteiger partial charge in [-0.1, -0.05) is 46.5 Å². The molecule has 0 spiro atoms. The Labute approximate surface area is 101 Å². The molecule has 3 unspecified atom stereocenters. The highest BCUT2D eigenvalue weighted by molar-refractivity contribution is 5.66. The highest BCUT2D eigenvalue weighted by Gasteiger charge is 2.14. The van der Waals surface area contributed by atoms with Crippen molar-refractivity contribution in [3.05, 3.63) is 0 Å². The number of rotatable bonds is 8. The molecule has 2 heteroatoms. The van der Waals surface area contributed by atoms with Crippen LogP contribution in [0.1, 0.15) is 66.7 Å². The van der Waals surface area contributed by atoms with Gasteiger partial charge in [-0.3, -0.25) is 4.79 Å². The van der Waals surface area contributed by atoms with Crippen molar-refractivity contribution < 1.29 is 9.53 Å². The monoisotopic (exact) mass is 228 g/mol. The summed E-state index contributed by atoms with van der Waals surface area (Å²) in [6.45, 7) is 10.2. The zero-order chi connectivity index (χ0) is 12.6. The summed E-state index contributed by atoms with van der Waals surface area (Å²) >= 11 is 0. The van der Waals surface area contributed by atoms with Crippen LogP contribution in [0.25, 0.3) is 0 Å². The summed E-state index contributed by atoms with van der Waals surface area (Å²) in [4.78, 5) is 10.8. The quantitative estimate of drug-likeness (QED) is 0.582. The van der Waals surface area contributed by atoms with Gasteiger partial charge < -0.3 is 4.74 Å². The lowest BCUT2D eigenvalue weighted by Gasteiger charge is -2.20. The van der Waals surface area contributed by atoms with Crippen molar-refractivity contribution >= 4 is 5.97 Å². The van der Waals surface area contributed by atoms with Gasteiger partial charge in [0.05, 0.1) is 0 Å². The number of hydrogen-bond donors (Lipinski definition) is 0. The zero-order valence-corrected chi connectivity index (χ0v) is 11.6. The van der Waals surface area contributed by atoms with Gasteiger partial charge in [-0.25, -0.2) is 0 Å². The smallest absolute Gasteiger partial charge is 0.302 e. The van der Waals surface area contributed by atoms with E-state index in [2.05, 4.69) is 20.8 Å². The van der Waals surface area contributed by atoms with Crippen molar-refractivity contribution in [2.75, 3.05) is 0 Å². The summed E-state index contributed by atoms with van der Waals surface area (Å²) in [5.41, 5.74) is 0. The Morgan fingerprint density at radius 1 is 1.12 bits per heavy atom. The molecule has 0 radical (unpaired) electrons. The van der Waals surface area contributed by atoms with Crippen LogP contribution >= 0.6 is 0 Å². The second-order valence-electron chi connectivity index (χ2n) is 5.12. The number of carbonyl (C=O) groups is 1. The second kappa shape index (κ2) is 8.60. The van der Waals surface area contributed by atoms with Crippen LogP contribution < -0.4 is 0 Å². The molecule has 0 aromatic heterocycles. The fraction of sp³-hybridized carbons (Fsp3) is 0.929. The second-order valence-corrected chi connectivity index (χ2v) is 5.12. The molecular formula is C14H28O2. The van der Waals surface area contributed by atoms with E-state index in [-0.39, 0.29) is 12.1 Å². The van der Waals surface area contributed by atoms with Crippen molar-refractivity contribution in [3.63, 3.8) is 0 Å². The molecule has 0 aromatic carbocycles. The number of hydrogen-bond acceptors (Lipinski definition) is 2. The summed E-state index contributed by atoms with van der Waals surface area (Å²) in [6.07, 6.45) is 6.36. The van der Waals surface area contributed by atoms with Gasteiger partial charge in [0, 0.05) is 6.92 Å². The van der Waals surface area contributed by atoms with Crippen molar-refractivity contribution in [2.45, 2.75) is 72.8 Å². The molecule has 0 heterocycles. The van der Waals surface area contributed by atoms with E-state index in [1.165, 1.54) is 32.6 Å². The summed E-state index contributed by atoms with van der Waals surface area (Å²) < 4.78 is 5.18. The minimum absolute atomic E-state index is 0.0546. The van der Waals surface area contributed by atoms with Gasteiger partial charge in [0.15, 0.2) is 0 Å². The lowest BCUT2D eigenvalue weighted by Crippen LogP contribution is -2.20. The molecule has 0 aliphatic rings. The van der Waals surface area contributed by atoms with Crippen LogP contribution in [0.2, 0.25) is 0 Å². The van der Waals surface area contributed by atoms with Gasteiger partial charge in [0.25, 0.3) is 0 Å². The van der Waals surface area contributed by atoms with Gasteiger partial charge in [-0.05, 0) is 25.2 Å². The predicted octanol–water partition coefficient (Wildman–Crippen LogP) is 4.18. The normalized spacial score (nSPS) is 16.6. The Kier molecular flexibility index (Phi) is 8.32. The summed E-state index contributed by atoms with van der Waals surface area (Å²) in [5, 5.41) is 0. The van der Waals surface area contributed by atoms with Gasteiger partial charge in [-0.2, -0.15) is 0 Å². The van der Waals surface area contributed by atoms with Crippen LogP contribution in [0, 0.1) is 11.8 Å². The number of carbonyl (C=O) groups excluding carboxylic acids is 1. The number of esters is 1. The Morgan fingerprint density at radius 2 is 1.75 bits per heavy atom. The number of ether oxygens (including phenoxy) is 1. The van der Waals surface area contributed by atoms with Crippen LogP contribution in [-0.4, -0.2) is 12.1 Å². The average molecular weight is 228 g/mol. The molecular weight excluding hydrogens is 200 g/mol. The summed E-state index contributed by atoms with van der Waals surface area (Å²) in [7, 11) is 0. The van der Waals surface area contributed by atoms with Crippen LogP contribution in [-0.2, 0) is 9.53 Å². The van der Waals surface area contributed by atoms with E-state index in [1.807, 2.05) is 6.92 Å². The van der Waals surface area contributed by atoms with Crippen molar-refractivity contribution in [3.8, 4) is 0 Å². The highest BCUT2D eigenvalue weighted by atomic mass is 16.5. The molecule has 0 fully saturated rings. The van der Waals surface area contributed by atoms with Gasteiger partial charge in [0.2, 0.25) is 0 Å². The Balaban J connectivity index is 3.63. The van der Waals surface area contributed by atoms with Gasteiger partial charge >= 0.3 is 5.97 Å². The first-order chi connectivity index (χ1) is 7.47. The maximum absolute atomic E-state index is 10.8. The maximum atomic E-state index is 10.8. The topological polar surface area (TPSA) is 26.3 Å². The van der Waals surface area contributed by atoms with Crippen LogP contribution in [0.4, 0.5) is 0 Å². The molecule has 16 heavy (non-hydrogen) atoms. The standard InChI is InChI=1S/C14H28O2/c1-6-8-11(2)9-7-10-12(3)13(4)16-14(5)15/h11-13H,6-10H2,1-5H3. The first-order valence-electron chi connectivity index (χ1n) is 6.64. The third-order valence-corrected chi connectivity index (χ3v) is 3.29. The van der Waals surface area contributed by atoms with E-state index in [4.69, 9.17) is 4.74 Å². The molecule has 0 aliphatic carbocycles. The molecule has 0 bridgehead atoms. The van der Waals surface area contributed by atoms with Crippen LogP contribution in [0.15, 0.2) is 0 Å². The summed E-state index contributed by atoms with van der Waals surface area (Å²) in [6, 6.07) is 0. The van der Waals surface area contributed by atoms with Gasteiger partial charge in [0.1, 0.15) is 6.10 Å². The van der Waals surface area contributed by atoms with Crippen molar-refractivity contribution in [1.29, 1.82) is 0 Å². The lowest BCUT2D eigenvalue weighted by molar-refractivity contribution is -0.147. The first kappa shape index (κ1) is 15.5. The lowest BCUT2D eigenvalue weighted by atomic mass is 9.93. The van der Waals surface area contributed by atoms with Crippen molar-refractivity contribution in [2.24, 2.45) is 11.8 Å². The fourth-order valence-electron chi connectivity index (χ4n) is 2.04. The van der Waals surface area contributed by atoms with Crippen LogP contribution in [0.3, 0.4) is 0 Å². The molecule has 96 valence electrons. The van der Waals surface area contributed by atoms with Crippen molar-refractivity contribution in [1.82, 2.24) is 0 Å². The van der Waals surface area contributed by atoms with E-state index < -0.39 is 0 Å². The largest absolute Gasteiger partial charge is 0.463 e. The Morgan fingerprint density at radius 3 is 2.25 bits per heavy atom. The third-order valence-electron chi connectivity index (χ3n) is 3.29. The van der Waals surface area contributed by atoms with Gasteiger partial charge in [-0.15, -0.1) is 0 Å². The van der Waals surface area contributed by atoms with Crippen LogP contribution in [0.5, 0.6) is 0 Å².